The third-order valence-electron chi connectivity index (χ3n) is 9.07. The first-order valence-electron chi connectivity index (χ1n) is 16.2. The number of carbonyl (C=O) groups excluding carboxylic acids is 1. The molecule has 2 fully saturated rings. The second-order valence-corrected chi connectivity index (χ2v) is 13.4. The largest absolute Gasteiger partial charge is 0.490 e. The normalized spacial score (nSPS) is 19.2. The summed E-state index contributed by atoms with van der Waals surface area (Å²) in [7, 11) is 1.73. The van der Waals surface area contributed by atoms with E-state index in [1.54, 1.807) is 7.11 Å². The quantitative estimate of drug-likeness (QED) is 0.203. The second kappa shape index (κ2) is 14.8. The SMILES string of the molecule is COCCc1ccc(C)c(CN(C(=O)C2=C(c3ccc(OCCOc4c(Cl)cc(C)cc4Cl)cc3)C[C@@H]3CNC[C@@H]2N3)C2CC2)c1. The Labute approximate surface area is 282 Å². The van der Waals surface area contributed by atoms with Crippen molar-refractivity contribution in [3.63, 3.8) is 0 Å². The molecule has 0 aromatic heterocycles. The zero-order valence-corrected chi connectivity index (χ0v) is 28.3. The molecule has 2 aliphatic heterocycles. The Morgan fingerprint density at radius 1 is 0.935 bits per heavy atom. The highest BCUT2D eigenvalue weighted by molar-refractivity contribution is 6.37. The van der Waals surface area contributed by atoms with Crippen LogP contribution in [0.2, 0.25) is 10.0 Å². The molecule has 2 heterocycles. The van der Waals surface area contributed by atoms with Gasteiger partial charge in [-0.3, -0.25) is 4.79 Å². The Morgan fingerprint density at radius 3 is 2.39 bits per heavy atom. The molecule has 6 rings (SSSR count). The summed E-state index contributed by atoms with van der Waals surface area (Å²) in [5.74, 6) is 1.35. The van der Waals surface area contributed by atoms with Crippen LogP contribution in [0.5, 0.6) is 11.5 Å². The highest BCUT2D eigenvalue weighted by atomic mass is 35.5. The average Bonchev–Trinajstić information content (AvgIpc) is 3.88. The maximum atomic E-state index is 14.6. The van der Waals surface area contributed by atoms with Crippen molar-refractivity contribution < 1.29 is 19.0 Å². The van der Waals surface area contributed by atoms with Crippen molar-refractivity contribution in [3.05, 3.63) is 98.0 Å². The van der Waals surface area contributed by atoms with Crippen molar-refractivity contribution >= 4 is 34.7 Å². The van der Waals surface area contributed by atoms with Gasteiger partial charge in [-0.15, -0.1) is 0 Å². The van der Waals surface area contributed by atoms with Gasteiger partial charge in [0.15, 0.2) is 5.75 Å². The van der Waals surface area contributed by atoms with E-state index in [4.69, 9.17) is 37.4 Å². The lowest BCUT2D eigenvalue weighted by Gasteiger charge is -2.41. The van der Waals surface area contributed by atoms with E-state index in [1.807, 2.05) is 31.2 Å². The predicted octanol–water partition coefficient (Wildman–Crippen LogP) is 6.54. The summed E-state index contributed by atoms with van der Waals surface area (Å²) in [6, 6.07) is 18.9. The Morgan fingerprint density at radius 2 is 1.67 bits per heavy atom. The van der Waals surface area contributed by atoms with E-state index in [0.717, 1.165) is 66.8 Å². The fourth-order valence-corrected chi connectivity index (χ4v) is 7.19. The Kier molecular flexibility index (Phi) is 10.6. The molecule has 2 atom stereocenters. The van der Waals surface area contributed by atoms with E-state index in [0.29, 0.717) is 42.2 Å². The summed E-state index contributed by atoms with van der Waals surface area (Å²) in [5.41, 5.74) is 7.72. The summed E-state index contributed by atoms with van der Waals surface area (Å²) in [6.07, 6.45) is 3.75. The molecule has 1 aliphatic carbocycles. The molecule has 46 heavy (non-hydrogen) atoms. The first kappa shape index (κ1) is 32.9. The Balaban J connectivity index is 1.19. The van der Waals surface area contributed by atoms with Crippen molar-refractivity contribution in [2.75, 3.05) is 40.0 Å². The Bertz CT molecular complexity index is 1560. The number of aryl methyl sites for hydroxylation is 2. The van der Waals surface area contributed by atoms with Gasteiger partial charge in [-0.25, -0.2) is 0 Å². The highest BCUT2D eigenvalue weighted by Gasteiger charge is 2.41. The van der Waals surface area contributed by atoms with Crippen LogP contribution in [0.1, 0.15) is 47.1 Å². The number of fused-ring (bicyclic) bond motifs is 2. The molecular formula is C37H43Cl2N3O4. The number of piperazine rings is 1. The van der Waals surface area contributed by atoms with Gasteiger partial charge in [-0.05, 0) is 97.2 Å². The fraction of sp³-hybridized carbons (Fsp3) is 0.432. The molecule has 1 saturated heterocycles. The number of ether oxygens (including phenoxy) is 3. The first-order chi connectivity index (χ1) is 22.3. The number of hydrogen-bond acceptors (Lipinski definition) is 6. The van der Waals surface area contributed by atoms with Crippen molar-refractivity contribution in [1.29, 1.82) is 0 Å². The summed E-state index contributed by atoms with van der Waals surface area (Å²) in [6.45, 7) is 7.64. The molecule has 3 aromatic rings. The lowest BCUT2D eigenvalue weighted by Crippen LogP contribution is -2.60. The maximum absolute atomic E-state index is 14.6. The predicted molar refractivity (Wildman–Crippen MR) is 184 cm³/mol. The molecule has 0 radical (unpaired) electrons. The number of nitrogens with one attached hydrogen (secondary N) is 2. The lowest BCUT2D eigenvalue weighted by atomic mass is 9.83. The molecule has 1 saturated carbocycles. The second-order valence-electron chi connectivity index (χ2n) is 12.6. The maximum Gasteiger partial charge on any atom is 0.252 e. The molecule has 1 amide bonds. The highest BCUT2D eigenvalue weighted by Crippen LogP contribution is 2.37. The minimum atomic E-state index is -0.0288. The van der Waals surface area contributed by atoms with Crippen LogP contribution in [0.3, 0.4) is 0 Å². The van der Waals surface area contributed by atoms with Crippen LogP contribution in [0.4, 0.5) is 0 Å². The molecule has 3 aliphatic rings. The molecule has 7 nitrogen and oxygen atoms in total. The molecule has 2 bridgehead atoms. The standard InChI is InChI=1S/C37H43Cl2N3O4/c1-23-16-32(38)36(33(39)17-23)46-15-14-45-30-10-6-26(7-11-30)31-19-28-20-40-21-34(41-28)35(31)37(43)42(29-8-9-29)22-27-18-25(12-13-44-3)5-4-24(27)2/h4-7,10-11,16-18,28-29,34,40-41H,8-9,12-15,19-22H2,1-3H3/t28-,34+/m1/s1. The van der Waals surface area contributed by atoms with Crippen LogP contribution in [0.15, 0.2) is 60.2 Å². The minimum Gasteiger partial charge on any atom is -0.490 e. The fourth-order valence-electron chi connectivity index (χ4n) is 6.48. The van der Waals surface area contributed by atoms with Crippen LogP contribution in [-0.2, 0) is 22.5 Å². The summed E-state index contributed by atoms with van der Waals surface area (Å²) < 4.78 is 17.1. The van der Waals surface area contributed by atoms with Gasteiger partial charge in [0.1, 0.15) is 19.0 Å². The number of methoxy groups -OCH3 is 1. The van der Waals surface area contributed by atoms with Crippen LogP contribution in [0, 0.1) is 13.8 Å². The molecule has 244 valence electrons. The smallest absolute Gasteiger partial charge is 0.252 e. The zero-order valence-electron chi connectivity index (χ0n) is 26.8. The van der Waals surface area contributed by atoms with E-state index < -0.39 is 0 Å². The van der Waals surface area contributed by atoms with Crippen molar-refractivity contribution in [3.8, 4) is 11.5 Å². The number of halogens is 2. The summed E-state index contributed by atoms with van der Waals surface area (Å²) >= 11 is 12.6. The number of rotatable bonds is 13. The van der Waals surface area contributed by atoms with Crippen molar-refractivity contribution in [2.24, 2.45) is 0 Å². The molecule has 0 unspecified atom stereocenters. The molecular weight excluding hydrogens is 621 g/mol. The molecule has 2 N–H and O–H groups in total. The summed E-state index contributed by atoms with van der Waals surface area (Å²) in [4.78, 5) is 16.7. The van der Waals surface area contributed by atoms with E-state index >= 15 is 0 Å². The van der Waals surface area contributed by atoms with Crippen molar-refractivity contribution in [1.82, 2.24) is 15.5 Å². The van der Waals surface area contributed by atoms with Crippen molar-refractivity contribution in [2.45, 2.75) is 64.2 Å². The van der Waals surface area contributed by atoms with E-state index in [9.17, 15) is 4.79 Å². The van der Waals surface area contributed by atoms with Crippen LogP contribution < -0.4 is 20.1 Å². The Hall–Kier alpha value is -3.07. The summed E-state index contributed by atoms with van der Waals surface area (Å²) in [5, 5.41) is 8.25. The lowest BCUT2D eigenvalue weighted by molar-refractivity contribution is -0.128. The van der Waals surface area contributed by atoms with E-state index in [2.05, 4.69) is 52.8 Å². The third-order valence-corrected chi connectivity index (χ3v) is 9.63. The van der Waals surface area contributed by atoms with Gasteiger partial charge >= 0.3 is 0 Å². The minimum absolute atomic E-state index is 0.0288. The van der Waals surface area contributed by atoms with Crippen LogP contribution in [0.25, 0.3) is 5.57 Å². The van der Waals surface area contributed by atoms with Gasteiger partial charge in [0, 0.05) is 44.4 Å². The number of nitrogens with zero attached hydrogens (tertiary/aromatic N) is 1. The van der Waals surface area contributed by atoms with Gasteiger partial charge < -0.3 is 29.7 Å². The van der Waals surface area contributed by atoms with Crippen LogP contribution in [-0.4, -0.2) is 69.0 Å². The number of amides is 1. The number of carbonyl (C=O) groups is 1. The topological polar surface area (TPSA) is 72.1 Å². The average molecular weight is 665 g/mol. The van der Waals surface area contributed by atoms with Gasteiger partial charge in [0.2, 0.25) is 0 Å². The van der Waals surface area contributed by atoms with Gasteiger partial charge in [-0.2, -0.15) is 0 Å². The number of hydrogen-bond donors (Lipinski definition) is 2. The van der Waals surface area contributed by atoms with Crippen LogP contribution >= 0.6 is 23.2 Å². The van der Waals surface area contributed by atoms with E-state index in [-0.39, 0.29) is 24.0 Å². The molecule has 3 aromatic carbocycles. The first-order valence-corrected chi connectivity index (χ1v) is 17.0. The molecule has 0 spiro atoms. The monoisotopic (exact) mass is 663 g/mol. The van der Waals surface area contributed by atoms with Gasteiger partial charge in [0.25, 0.3) is 5.91 Å². The zero-order chi connectivity index (χ0) is 32.2. The van der Waals surface area contributed by atoms with E-state index in [1.165, 1.54) is 16.7 Å². The third kappa shape index (κ3) is 7.72. The number of benzene rings is 3. The van der Waals surface area contributed by atoms with Gasteiger partial charge in [-0.1, -0.05) is 53.5 Å². The van der Waals surface area contributed by atoms with Gasteiger partial charge in [0.05, 0.1) is 22.7 Å². The molecule has 9 heteroatoms.